The SMILES string of the molecule is CCCCC(O)O[SiH3]. The second-order valence-corrected chi connectivity index (χ2v) is 2.30. The lowest BCUT2D eigenvalue weighted by atomic mass is 10.2. The molecule has 0 saturated carbocycles. The van der Waals surface area contributed by atoms with Gasteiger partial charge in [-0.3, -0.25) is 0 Å². The zero-order chi connectivity index (χ0) is 6.41. The van der Waals surface area contributed by atoms with Crippen molar-refractivity contribution in [1.29, 1.82) is 0 Å². The van der Waals surface area contributed by atoms with Gasteiger partial charge in [-0.2, -0.15) is 0 Å². The number of hydrogen-bond donors (Lipinski definition) is 1. The highest BCUT2D eigenvalue weighted by atomic mass is 28.2. The van der Waals surface area contributed by atoms with Gasteiger partial charge in [-0.05, 0) is 12.8 Å². The fourth-order valence-corrected chi connectivity index (χ4v) is 0.732. The predicted octanol–water partition coefficient (Wildman–Crippen LogP) is -0.208. The van der Waals surface area contributed by atoms with Crippen LogP contribution in [0, 0.1) is 0 Å². The van der Waals surface area contributed by atoms with Crippen LogP contribution in [0.5, 0.6) is 0 Å². The molecule has 0 radical (unpaired) electrons. The molecule has 0 heterocycles. The van der Waals surface area contributed by atoms with E-state index in [0.29, 0.717) is 10.5 Å². The summed E-state index contributed by atoms with van der Waals surface area (Å²) in [4.78, 5) is 0. The smallest absolute Gasteiger partial charge is 0.149 e. The molecule has 0 aromatic carbocycles. The van der Waals surface area contributed by atoms with E-state index in [1.807, 2.05) is 0 Å². The molecule has 0 bridgehead atoms. The van der Waals surface area contributed by atoms with Crippen LogP contribution in [0.1, 0.15) is 26.2 Å². The quantitative estimate of drug-likeness (QED) is 0.426. The van der Waals surface area contributed by atoms with Crippen LogP contribution in [0.15, 0.2) is 0 Å². The normalized spacial score (nSPS) is 14.2. The van der Waals surface area contributed by atoms with Gasteiger partial charge in [0.25, 0.3) is 0 Å². The van der Waals surface area contributed by atoms with E-state index in [0.717, 1.165) is 19.3 Å². The fraction of sp³-hybridized carbons (Fsp3) is 1.00. The van der Waals surface area contributed by atoms with Gasteiger partial charge in [-0.25, -0.2) is 0 Å². The molecular formula is C5H14O2Si. The van der Waals surface area contributed by atoms with E-state index in [4.69, 9.17) is 9.53 Å². The van der Waals surface area contributed by atoms with Crippen molar-refractivity contribution >= 4 is 10.5 Å². The van der Waals surface area contributed by atoms with Crippen molar-refractivity contribution in [2.45, 2.75) is 32.5 Å². The summed E-state index contributed by atoms with van der Waals surface area (Å²) >= 11 is 0. The number of aliphatic hydroxyl groups excluding tert-OH is 1. The second-order valence-electron chi connectivity index (χ2n) is 1.83. The van der Waals surface area contributed by atoms with E-state index in [1.165, 1.54) is 0 Å². The summed E-state index contributed by atoms with van der Waals surface area (Å²) in [7, 11) is 0.640. The lowest BCUT2D eigenvalue weighted by molar-refractivity contribution is -0.0185. The summed E-state index contributed by atoms with van der Waals surface area (Å²) in [6.45, 7) is 2.10. The number of aliphatic hydroxyl groups is 1. The zero-order valence-corrected chi connectivity index (χ0v) is 7.55. The number of unbranched alkanes of at least 4 members (excludes halogenated alkanes) is 1. The lowest BCUT2D eigenvalue weighted by Gasteiger charge is -2.05. The van der Waals surface area contributed by atoms with Gasteiger partial charge in [0, 0.05) is 0 Å². The molecule has 0 aromatic rings. The number of rotatable bonds is 4. The van der Waals surface area contributed by atoms with Crippen LogP contribution in [-0.2, 0) is 4.43 Å². The summed E-state index contributed by atoms with van der Waals surface area (Å²) in [5, 5.41) is 8.80. The summed E-state index contributed by atoms with van der Waals surface area (Å²) in [5.74, 6) is 0. The molecule has 2 nitrogen and oxygen atoms in total. The predicted molar refractivity (Wildman–Crippen MR) is 36.6 cm³/mol. The summed E-state index contributed by atoms with van der Waals surface area (Å²) in [5.41, 5.74) is 0. The maximum absolute atomic E-state index is 8.80. The molecule has 1 N–H and O–H groups in total. The third-order valence-corrected chi connectivity index (χ3v) is 1.62. The number of hydrogen-bond acceptors (Lipinski definition) is 2. The first-order valence-corrected chi connectivity index (χ1v) is 3.83. The molecule has 0 aliphatic heterocycles. The molecule has 0 aromatic heterocycles. The van der Waals surface area contributed by atoms with Crippen LogP contribution < -0.4 is 0 Å². The average molecular weight is 134 g/mol. The Morgan fingerprint density at radius 3 is 2.75 bits per heavy atom. The third-order valence-electron chi connectivity index (χ3n) is 1.08. The minimum atomic E-state index is -0.485. The van der Waals surface area contributed by atoms with E-state index in [1.54, 1.807) is 0 Å². The van der Waals surface area contributed by atoms with E-state index in [2.05, 4.69) is 6.92 Å². The third kappa shape index (κ3) is 4.30. The highest BCUT2D eigenvalue weighted by Crippen LogP contribution is 1.98. The molecular weight excluding hydrogens is 120 g/mol. The van der Waals surface area contributed by atoms with Crippen molar-refractivity contribution in [1.82, 2.24) is 0 Å². The van der Waals surface area contributed by atoms with E-state index >= 15 is 0 Å². The van der Waals surface area contributed by atoms with E-state index in [-0.39, 0.29) is 0 Å². The molecule has 3 heteroatoms. The Hall–Kier alpha value is 0.137. The minimum Gasteiger partial charge on any atom is -0.404 e. The van der Waals surface area contributed by atoms with Crippen LogP contribution in [0.3, 0.4) is 0 Å². The highest BCUT2D eigenvalue weighted by Gasteiger charge is 1.96. The van der Waals surface area contributed by atoms with Gasteiger partial charge in [-0.15, -0.1) is 0 Å². The molecule has 1 unspecified atom stereocenters. The molecule has 0 rings (SSSR count). The Balaban J connectivity index is 2.86. The maximum Gasteiger partial charge on any atom is 0.149 e. The Morgan fingerprint density at radius 1 is 1.75 bits per heavy atom. The van der Waals surface area contributed by atoms with Crippen molar-refractivity contribution < 1.29 is 9.53 Å². The van der Waals surface area contributed by atoms with Gasteiger partial charge in [0.15, 0.2) is 0 Å². The Labute approximate surface area is 53.4 Å². The molecule has 0 aliphatic carbocycles. The van der Waals surface area contributed by atoms with Gasteiger partial charge in [0.1, 0.15) is 16.8 Å². The van der Waals surface area contributed by atoms with Gasteiger partial charge in [0.05, 0.1) is 0 Å². The molecule has 0 saturated heterocycles. The first-order chi connectivity index (χ1) is 3.81. The van der Waals surface area contributed by atoms with Crippen molar-refractivity contribution in [2.24, 2.45) is 0 Å². The van der Waals surface area contributed by atoms with Crippen LogP contribution in [-0.4, -0.2) is 21.9 Å². The standard InChI is InChI=1S/C5H14O2Si/c1-2-3-4-5(6)7-8/h5-6H,2-4H2,1,8H3. The molecule has 50 valence electrons. The monoisotopic (exact) mass is 134 g/mol. The van der Waals surface area contributed by atoms with Gasteiger partial charge in [0.2, 0.25) is 0 Å². The Bertz CT molecular complexity index is 49.7. The topological polar surface area (TPSA) is 29.5 Å². The van der Waals surface area contributed by atoms with Crippen molar-refractivity contribution in [3.8, 4) is 0 Å². The second kappa shape index (κ2) is 5.28. The average Bonchev–Trinajstić information content (AvgIpc) is 1.83. The largest absolute Gasteiger partial charge is 0.404 e. The molecule has 0 spiro atoms. The molecule has 1 atom stereocenters. The summed E-state index contributed by atoms with van der Waals surface area (Å²) < 4.78 is 4.75. The van der Waals surface area contributed by atoms with Crippen molar-refractivity contribution in [2.75, 3.05) is 0 Å². The zero-order valence-electron chi connectivity index (χ0n) is 5.55. The van der Waals surface area contributed by atoms with Crippen LogP contribution in [0.25, 0.3) is 0 Å². The van der Waals surface area contributed by atoms with Crippen LogP contribution >= 0.6 is 0 Å². The fourth-order valence-electron chi connectivity index (χ4n) is 0.497. The Morgan fingerprint density at radius 2 is 2.38 bits per heavy atom. The Kier molecular flexibility index (Phi) is 5.37. The van der Waals surface area contributed by atoms with Crippen LogP contribution in [0.4, 0.5) is 0 Å². The van der Waals surface area contributed by atoms with Crippen LogP contribution in [0.2, 0.25) is 0 Å². The first kappa shape index (κ1) is 8.14. The van der Waals surface area contributed by atoms with Gasteiger partial charge in [-0.1, -0.05) is 13.3 Å². The van der Waals surface area contributed by atoms with Gasteiger partial charge >= 0.3 is 0 Å². The van der Waals surface area contributed by atoms with E-state index in [9.17, 15) is 0 Å². The van der Waals surface area contributed by atoms with E-state index < -0.39 is 6.29 Å². The van der Waals surface area contributed by atoms with Gasteiger partial charge < -0.3 is 9.53 Å². The summed E-state index contributed by atoms with van der Waals surface area (Å²) in [6, 6.07) is 0. The van der Waals surface area contributed by atoms with Crippen molar-refractivity contribution in [3.05, 3.63) is 0 Å². The molecule has 0 aliphatic rings. The molecule has 8 heavy (non-hydrogen) atoms. The van der Waals surface area contributed by atoms with Crippen molar-refractivity contribution in [3.63, 3.8) is 0 Å². The minimum absolute atomic E-state index is 0.485. The lowest BCUT2D eigenvalue weighted by Crippen LogP contribution is -2.08. The molecule has 0 amide bonds. The first-order valence-electron chi connectivity index (χ1n) is 3.02. The highest BCUT2D eigenvalue weighted by molar-refractivity contribution is 5.98. The molecule has 0 fully saturated rings. The maximum atomic E-state index is 8.80. The summed E-state index contributed by atoms with van der Waals surface area (Å²) in [6.07, 6.45) is 2.49.